The molecule has 4 rings (SSSR count). The van der Waals surface area contributed by atoms with E-state index in [1.807, 2.05) is 0 Å². The molecule has 1 heterocycles. The van der Waals surface area contributed by atoms with Gasteiger partial charge in [-0.3, -0.25) is 18.9 Å². The van der Waals surface area contributed by atoms with Crippen LogP contribution in [0.15, 0.2) is 65.5 Å². The van der Waals surface area contributed by atoms with E-state index >= 15 is 0 Å². The number of nitrogens with one attached hydrogen (secondary N) is 2. The van der Waals surface area contributed by atoms with Crippen molar-refractivity contribution >= 4 is 83.6 Å². The molecular formula is C21H16CoN8O14S3. The van der Waals surface area contributed by atoms with Crippen LogP contribution in [0.1, 0.15) is 17.5 Å². The Morgan fingerprint density at radius 2 is 1.55 bits per heavy atom. The van der Waals surface area contributed by atoms with Crippen molar-refractivity contribution in [3.63, 3.8) is 0 Å². The number of aromatic nitrogens is 3. The molecule has 1 radical (unpaired) electrons. The Morgan fingerprint density at radius 1 is 0.915 bits per heavy atom. The maximum absolute atomic E-state index is 12.2. The number of benzene rings is 3. The van der Waals surface area contributed by atoms with Gasteiger partial charge in [0.15, 0.2) is 11.5 Å². The summed E-state index contributed by atoms with van der Waals surface area (Å²) in [5, 5.41) is 65.7. The number of hydrogen-bond acceptors (Lipinski definition) is 18. The quantitative estimate of drug-likeness (QED) is 0.0354. The minimum absolute atomic E-state index is 0. The molecule has 22 nitrogen and oxygen atoms in total. The molecule has 1 amide bonds. The standard InChI is InChI=1S/C21H16N8O14S3.Co/c1-7(30)22-9-2-3-10(12(6-9)45(36,37)38)24-25-15-11(44-43-42-35)4-8-5-13(46(39,40)41)16(18(32)14(8)17(15)31)26-28-21-23-19(20(33)34)27-29-21;/h2-6,31-32,35H,1H3,(H,22,30)(H,33,34)(H,23,27,29)(H,36,37,38)(H,39,40,41);. The number of aromatic amines is 1. The van der Waals surface area contributed by atoms with Crippen LogP contribution in [0, 0.1) is 0 Å². The van der Waals surface area contributed by atoms with E-state index < -0.39 is 87.6 Å². The monoisotopic (exact) mass is 759 g/mol. The SMILES string of the molecule is CC(=O)Nc1ccc(N=Nc2c(SOOO)cc3cc(S(=O)(=O)O)c(N=Nc4nnc(C(=O)O)[nH]4)c(O)c3c2O)c(S(=O)(=O)O)c1.[Co]. The summed E-state index contributed by atoms with van der Waals surface area (Å²) in [5.41, 5.74) is -2.15. The molecule has 0 aliphatic heterocycles. The number of carbonyl (C=O) groups is 2. The molecule has 26 heteroatoms. The molecule has 251 valence electrons. The van der Waals surface area contributed by atoms with Crippen molar-refractivity contribution in [2.45, 2.75) is 21.6 Å². The molecule has 0 bridgehead atoms. The van der Waals surface area contributed by atoms with Crippen LogP contribution in [0.2, 0.25) is 0 Å². The van der Waals surface area contributed by atoms with E-state index in [1.165, 1.54) is 6.07 Å². The summed E-state index contributed by atoms with van der Waals surface area (Å²) in [4.78, 5) is 22.3. The zero-order valence-electron chi connectivity index (χ0n) is 22.6. The summed E-state index contributed by atoms with van der Waals surface area (Å²) >= 11 is 0.162. The molecule has 0 saturated carbocycles. The van der Waals surface area contributed by atoms with E-state index in [-0.39, 0.29) is 44.8 Å². The van der Waals surface area contributed by atoms with E-state index in [2.05, 4.69) is 50.3 Å². The van der Waals surface area contributed by atoms with Crippen LogP contribution < -0.4 is 5.32 Å². The normalized spacial score (nSPS) is 12.1. The number of carbonyl (C=O) groups excluding carboxylic acids is 1. The summed E-state index contributed by atoms with van der Waals surface area (Å²) in [7, 11) is -10.1. The van der Waals surface area contributed by atoms with Crippen molar-refractivity contribution < 1.29 is 82.3 Å². The van der Waals surface area contributed by atoms with Gasteiger partial charge in [-0.15, -0.1) is 35.0 Å². The number of anilines is 1. The van der Waals surface area contributed by atoms with Crippen molar-refractivity contribution in [2.24, 2.45) is 20.5 Å². The number of azo groups is 2. The maximum Gasteiger partial charge on any atom is 0.373 e. The maximum atomic E-state index is 12.2. The Hall–Kier alpha value is -4.64. The van der Waals surface area contributed by atoms with Crippen LogP contribution in [0.5, 0.6) is 11.5 Å². The number of H-pyrrole nitrogens is 1. The number of amides is 1. The second-order valence-electron chi connectivity index (χ2n) is 8.48. The molecule has 1 aromatic heterocycles. The zero-order valence-corrected chi connectivity index (χ0v) is 26.1. The van der Waals surface area contributed by atoms with Crippen molar-refractivity contribution in [2.75, 3.05) is 5.32 Å². The van der Waals surface area contributed by atoms with Crippen LogP contribution >= 0.6 is 12.0 Å². The molecule has 47 heavy (non-hydrogen) atoms. The molecule has 0 unspecified atom stereocenters. The van der Waals surface area contributed by atoms with Gasteiger partial charge in [-0.1, -0.05) is 5.04 Å². The number of hydrogen-bond donors (Lipinski definition) is 8. The second-order valence-corrected chi connectivity index (χ2v) is 12.0. The number of carboxylic acid groups (broad SMARTS) is 1. The van der Waals surface area contributed by atoms with Gasteiger partial charge in [0, 0.05) is 29.4 Å². The number of fused-ring (bicyclic) bond motifs is 1. The second kappa shape index (κ2) is 14.4. The van der Waals surface area contributed by atoms with Gasteiger partial charge in [-0.25, -0.2) is 10.1 Å². The average Bonchev–Trinajstić information content (AvgIpc) is 3.43. The fourth-order valence-electron chi connectivity index (χ4n) is 3.65. The molecule has 0 atom stereocenters. The van der Waals surface area contributed by atoms with Gasteiger partial charge in [0.05, 0.1) is 22.3 Å². The Morgan fingerprint density at radius 3 is 2.13 bits per heavy atom. The smallest absolute Gasteiger partial charge is 0.373 e. The average molecular weight is 760 g/mol. The third-order valence-corrected chi connectivity index (χ3v) is 7.79. The van der Waals surface area contributed by atoms with Gasteiger partial charge < -0.3 is 20.6 Å². The first kappa shape index (κ1) is 36.8. The molecular weight excluding hydrogens is 743 g/mol. The van der Waals surface area contributed by atoms with Crippen molar-refractivity contribution in [1.82, 2.24) is 15.2 Å². The van der Waals surface area contributed by atoms with Gasteiger partial charge in [0.1, 0.15) is 26.9 Å². The van der Waals surface area contributed by atoms with E-state index in [4.69, 9.17) is 10.4 Å². The molecule has 0 aliphatic carbocycles. The van der Waals surface area contributed by atoms with E-state index in [0.717, 1.165) is 31.2 Å². The molecule has 8 N–H and O–H groups in total. The summed E-state index contributed by atoms with van der Waals surface area (Å²) in [6, 6.07) is 4.82. The third kappa shape index (κ3) is 8.39. The summed E-state index contributed by atoms with van der Waals surface area (Å²) in [5.74, 6) is -5.44. The van der Waals surface area contributed by atoms with Crippen molar-refractivity contribution in [3.8, 4) is 11.5 Å². The van der Waals surface area contributed by atoms with Gasteiger partial charge in [-0.2, -0.15) is 16.8 Å². The van der Waals surface area contributed by atoms with E-state index in [1.54, 1.807) is 0 Å². The molecule has 0 spiro atoms. The van der Waals surface area contributed by atoms with Gasteiger partial charge in [0.2, 0.25) is 11.7 Å². The minimum atomic E-state index is -5.18. The number of rotatable bonds is 11. The largest absolute Gasteiger partial charge is 0.505 e. The number of phenolic OH excluding ortho intramolecular Hbond substituents is 2. The first-order valence-electron chi connectivity index (χ1n) is 11.6. The molecule has 0 fully saturated rings. The fourth-order valence-corrected chi connectivity index (χ4v) is 5.45. The summed E-state index contributed by atoms with van der Waals surface area (Å²) in [6.45, 7) is 1.14. The van der Waals surface area contributed by atoms with Crippen molar-refractivity contribution in [1.29, 1.82) is 0 Å². The van der Waals surface area contributed by atoms with Crippen LogP contribution in [-0.2, 0) is 51.2 Å². The Kier molecular flexibility index (Phi) is 11.3. The fraction of sp³-hybridized carbons (Fsp3) is 0.0476. The number of nitrogens with zero attached hydrogens (tertiary/aromatic N) is 6. The van der Waals surface area contributed by atoms with Crippen LogP contribution in [-0.4, -0.2) is 73.6 Å². The van der Waals surface area contributed by atoms with Crippen molar-refractivity contribution in [3.05, 3.63) is 36.2 Å². The summed E-state index contributed by atoms with van der Waals surface area (Å²) in [6.07, 6.45) is 0. The predicted octanol–water partition coefficient (Wildman–Crippen LogP) is 3.78. The number of phenols is 2. The number of carboxylic acids is 1. The van der Waals surface area contributed by atoms with Gasteiger partial charge in [0.25, 0.3) is 26.2 Å². The number of aromatic hydroxyl groups is 2. The predicted molar refractivity (Wildman–Crippen MR) is 150 cm³/mol. The Labute approximate surface area is 275 Å². The Bertz CT molecular complexity index is 2170. The molecule has 4 aromatic rings. The third-order valence-electron chi connectivity index (χ3n) is 5.42. The molecule has 0 saturated heterocycles. The topological polar surface area (TPSA) is 345 Å². The number of aromatic carboxylic acids is 1. The Balaban J connectivity index is 0.00000600. The van der Waals surface area contributed by atoms with Crippen LogP contribution in [0.4, 0.5) is 28.7 Å². The van der Waals surface area contributed by atoms with Gasteiger partial charge in [-0.05, 0) is 35.7 Å². The minimum Gasteiger partial charge on any atom is -0.505 e. The summed E-state index contributed by atoms with van der Waals surface area (Å²) < 4.78 is 72.2. The molecule has 0 aliphatic rings. The first-order valence-corrected chi connectivity index (χ1v) is 15.2. The zero-order chi connectivity index (χ0) is 34.0. The van der Waals surface area contributed by atoms with Crippen LogP contribution in [0.25, 0.3) is 10.8 Å². The van der Waals surface area contributed by atoms with E-state index in [9.17, 15) is 45.7 Å². The van der Waals surface area contributed by atoms with E-state index in [0.29, 0.717) is 0 Å². The first-order chi connectivity index (χ1) is 21.5. The van der Waals surface area contributed by atoms with Crippen LogP contribution in [0.3, 0.4) is 0 Å². The molecule has 3 aromatic carbocycles. The van der Waals surface area contributed by atoms with Gasteiger partial charge >= 0.3 is 5.97 Å².